The molecule has 1 aliphatic rings. The van der Waals surface area contributed by atoms with Crippen molar-refractivity contribution in [1.82, 2.24) is 0 Å². The normalized spacial score (nSPS) is 18.0. The van der Waals surface area contributed by atoms with E-state index < -0.39 is 18.3 Å². The lowest BCUT2D eigenvalue weighted by molar-refractivity contribution is -0.141. The molecule has 96 valence electrons. The molecule has 1 aliphatic carbocycles. The van der Waals surface area contributed by atoms with E-state index in [2.05, 4.69) is 0 Å². The Bertz CT molecular complexity index is 452. The van der Waals surface area contributed by atoms with E-state index >= 15 is 0 Å². The van der Waals surface area contributed by atoms with Crippen molar-refractivity contribution in [1.29, 1.82) is 0 Å². The molecule has 0 aromatic heterocycles. The fraction of sp³-hybridized carbons (Fsp3) is 0.357. The van der Waals surface area contributed by atoms with Crippen molar-refractivity contribution >= 4 is 5.97 Å². The maximum Gasteiger partial charge on any atom is 0.334 e. The number of alkyl halides is 2. The molecule has 0 spiro atoms. The second kappa shape index (κ2) is 5.29. The van der Waals surface area contributed by atoms with E-state index in [-0.39, 0.29) is 25.0 Å². The van der Waals surface area contributed by atoms with E-state index in [0.717, 1.165) is 5.56 Å². The molecule has 0 fully saturated rings. The molecule has 0 heterocycles. The van der Waals surface area contributed by atoms with Crippen LogP contribution in [0.1, 0.15) is 24.8 Å². The number of rotatable bonds is 3. The maximum absolute atomic E-state index is 13.1. The standard InChI is InChI=1S/C14H14F2O2/c15-14(16)8-4-7-12(9-14)13(17)18-10-11-5-2-1-3-6-11/h1-3,5-7H,4,8-10H2. The highest BCUT2D eigenvalue weighted by molar-refractivity contribution is 5.88. The Balaban J connectivity index is 1.91. The summed E-state index contributed by atoms with van der Waals surface area (Å²) in [6.45, 7) is 0.114. The van der Waals surface area contributed by atoms with Crippen LogP contribution in [0, 0.1) is 0 Å². The Morgan fingerprint density at radius 2 is 2.00 bits per heavy atom. The number of ether oxygens (including phenoxy) is 1. The highest BCUT2D eigenvalue weighted by atomic mass is 19.3. The lowest BCUT2D eigenvalue weighted by atomic mass is 9.96. The van der Waals surface area contributed by atoms with E-state index in [9.17, 15) is 13.6 Å². The molecule has 4 heteroatoms. The number of benzene rings is 1. The number of halogens is 2. The third kappa shape index (κ3) is 3.39. The summed E-state index contributed by atoms with van der Waals surface area (Å²) in [5, 5.41) is 0. The van der Waals surface area contributed by atoms with Gasteiger partial charge in [-0.15, -0.1) is 0 Å². The van der Waals surface area contributed by atoms with E-state index in [1.165, 1.54) is 0 Å². The molecular formula is C14H14F2O2. The third-order valence-corrected chi connectivity index (χ3v) is 2.82. The first-order chi connectivity index (χ1) is 8.57. The Morgan fingerprint density at radius 3 is 2.67 bits per heavy atom. The highest BCUT2D eigenvalue weighted by Gasteiger charge is 2.35. The van der Waals surface area contributed by atoms with Crippen molar-refractivity contribution in [2.24, 2.45) is 0 Å². The van der Waals surface area contributed by atoms with Crippen LogP contribution in [0.2, 0.25) is 0 Å². The van der Waals surface area contributed by atoms with E-state index in [0.29, 0.717) is 0 Å². The van der Waals surface area contributed by atoms with Crippen molar-refractivity contribution in [3.8, 4) is 0 Å². The van der Waals surface area contributed by atoms with Gasteiger partial charge in [0.2, 0.25) is 0 Å². The number of esters is 1. The molecule has 0 radical (unpaired) electrons. The molecule has 0 unspecified atom stereocenters. The van der Waals surface area contributed by atoms with Gasteiger partial charge in [0.25, 0.3) is 5.92 Å². The van der Waals surface area contributed by atoms with Crippen molar-refractivity contribution in [2.75, 3.05) is 0 Å². The average molecular weight is 252 g/mol. The van der Waals surface area contributed by atoms with Gasteiger partial charge >= 0.3 is 5.97 Å². The third-order valence-electron chi connectivity index (χ3n) is 2.82. The SMILES string of the molecule is O=C(OCc1ccccc1)C1=CCCC(F)(F)C1. The number of hydrogen-bond donors (Lipinski definition) is 0. The van der Waals surface area contributed by atoms with Gasteiger partial charge in [-0.05, 0) is 12.0 Å². The van der Waals surface area contributed by atoms with Crippen LogP contribution in [-0.2, 0) is 16.1 Å². The number of hydrogen-bond acceptors (Lipinski definition) is 2. The minimum Gasteiger partial charge on any atom is -0.457 e. The first-order valence-electron chi connectivity index (χ1n) is 5.85. The predicted octanol–water partition coefficient (Wildman–Crippen LogP) is 3.48. The molecule has 0 saturated heterocycles. The van der Waals surface area contributed by atoms with Crippen molar-refractivity contribution < 1.29 is 18.3 Å². The minimum absolute atomic E-state index is 0.0854. The molecule has 1 aromatic carbocycles. The maximum atomic E-state index is 13.1. The van der Waals surface area contributed by atoms with Crippen LogP contribution in [0.25, 0.3) is 0 Å². The first kappa shape index (κ1) is 12.7. The topological polar surface area (TPSA) is 26.3 Å². The van der Waals surface area contributed by atoms with Crippen LogP contribution >= 0.6 is 0 Å². The highest BCUT2D eigenvalue weighted by Crippen LogP contribution is 2.33. The summed E-state index contributed by atoms with van der Waals surface area (Å²) in [6, 6.07) is 9.15. The molecule has 2 nitrogen and oxygen atoms in total. The van der Waals surface area contributed by atoms with Crippen LogP contribution in [-0.4, -0.2) is 11.9 Å². The van der Waals surface area contributed by atoms with Crippen LogP contribution in [0.4, 0.5) is 8.78 Å². The van der Waals surface area contributed by atoms with Crippen LogP contribution in [0.5, 0.6) is 0 Å². The molecule has 0 aliphatic heterocycles. The smallest absolute Gasteiger partial charge is 0.334 e. The van der Waals surface area contributed by atoms with Crippen LogP contribution < -0.4 is 0 Å². The zero-order chi connectivity index (χ0) is 13.0. The molecule has 0 bridgehead atoms. The molecule has 1 aromatic rings. The lowest BCUT2D eigenvalue weighted by Crippen LogP contribution is -2.24. The van der Waals surface area contributed by atoms with Crippen LogP contribution in [0.3, 0.4) is 0 Å². The average Bonchev–Trinajstić information content (AvgIpc) is 2.36. The summed E-state index contributed by atoms with van der Waals surface area (Å²) >= 11 is 0. The van der Waals surface area contributed by atoms with Gasteiger partial charge in [-0.2, -0.15) is 0 Å². The summed E-state index contributed by atoms with van der Waals surface area (Å²) in [7, 11) is 0. The van der Waals surface area contributed by atoms with Gasteiger partial charge in [0.05, 0.1) is 0 Å². The molecule has 0 saturated carbocycles. The van der Waals surface area contributed by atoms with Gasteiger partial charge in [0, 0.05) is 18.4 Å². The minimum atomic E-state index is -2.78. The van der Waals surface area contributed by atoms with Gasteiger partial charge in [-0.3, -0.25) is 0 Å². The quantitative estimate of drug-likeness (QED) is 0.770. The number of allylic oxidation sites excluding steroid dienone is 1. The van der Waals surface area contributed by atoms with E-state index in [1.54, 1.807) is 6.08 Å². The Hall–Kier alpha value is -1.71. The monoisotopic (exact) mass is 252 g/mol. The second-order valence-corrected chi connectivity index (χ2v) is 4.36. The summed E-state index contributed by atoms with van der Waals surface area (Å²) in [6.07, 6.45) is 1.07. The van der Waals surface area contributed by atoms with Crippen molar-refractivity contribution in [3.05, 3.63) is 47.5 Å². The second-order valence-electron chi connectivity index (χ2n) is 4.36. The van der Waals surface area contributed by atoms with Gasteiger partial charge in [0.1, 0.15) is 6.61 Å². The van der Waals surface area contributed by atoms with Crippen molar-refractivity contribution in [2.45, 2.75) is 31.8 Å². The zero-order valence-corrected chi connectivity index (χ0v) is 9.86. The Labute approximate surface area is 104 Å². The van der Waals surface area contributed by atoms with Crippen molar-refractivity contribution in [3.63, 3.8) is 0 Å². The number of carbonyl (C=O) groups excluding carboxylic acids is 1. The molecule has 0 amide bonds. The molecule has 18 heavy (non-hydrogen) atoms. The fourth-order valence-electron chi connectivity index (χ4n) is 1.87. The summed E-state index contributed by atoms with van der Waals surface area (Å²) in [5.74, 6) is -3.42. The van der Waals surface area contributed by atoms with E-state index in [4.69, 9.17) is 4.74 Å². The lowest BCUT2D eigenvalue weighted by Gasteiger charge is -2.21. The number of carbonyl (C=O) groups is 1. The van der Waals surface area contributed by atoms with Gasteiger partial charge in [-0.1, -0.05) is 36.4 Å². The molecule has 2 rings (SSSR count). The molecular weight excluding hydrogens is 238 g/mol. The molecule has 0 N–H and O–H groups in total. The predicted molar refractivity (Wildman–Crippen MR) is 63.1 cm³/mol. The van der Waals surface area contributed by atoms with Gasteiger partial charge in [-0.25, -0.2) is 13.6 Å². The molecule has 0 atom stereocenters. The Kier molecular flexibility index (Phi) is 3.75. The van der Waals surface area contributed by atoms with Gasteiger partial charge in [0.15, 0.2) is 0 Å². The summed E-state index contributed by atoms with van der Waals surface area (Å²) in [4.78, 5) is 11.6. The zero-order valence-electron chi connectivity index (χ0n) is 9.86. The first-order valence-corrected chi connectivity index (χ1v) is 5.85. The van der Waals surface area contributed by atoms with Crippen LogP contribution in [0.15, 0.2) is 42.0 Å². The summed E-state index contributed by atoms with van der Waals surface area (Å²) < 4.78 is 31.3. The largest absolute Gasteiger partial charge is 0.457 e. The summed E-state index contributed by atoms with van der Waals surface area (Å²) in [5.41, 5.74) is 0.927. The van der Waals surface area contributed by atoms with E-state index in [1.807, 2.05) is 30.3 Å². The fourth-order valence-corrected chi connectivity index (χ4v) is 1.87. The van der Waals surface area contributed by atoms with Gasteiger partial charge < -0.3 is 4.74 Å². The Morgan fingerprint density at radius 1 is 1.28 bits per heavy atom.